The second kappa shape index (κ2) is 8.03. The van der Waals surface area contributed by atoms with Crippen molar-refractivity contribution in [3.8, 4) is 0 Å². The second-order valence-corrected chi connectivity index (χ2v) is 5.05. The molecule has 102 valence electrons. The lowest BCUT2D eigenvalue weighted by atomic mass is 9.85. The van der Waals surface area contributed by atoms with Gasteiger partial charge in [0.05, 0.1) is 6.10 Å². The quantitative estimate of drug-likeness (QED) is 0.558. The number of rotatable bonds is 8. The molecule has 0 amide bonds. The highest BCUT2D eigenvalue weighted by molar-refractivity contribution is 4.94. The maximum absolute atomic E-state index is 8.72. The Kier molecular flexibility index (Phi) is 7.04. The molecule has 0 saturated carbocycles. The summed E-state index contributed by atoms with van der Waals surface area (Å²) in [6.45, 7) is 4.96. The van der Waals surface area contributed by atoms with Gasteiger partial charge < -0.3 is 20.9 Å². The monoisotopic (exact) mass is 244 g/mol. The normalized spacial score (nSPS) is 29.5. The molecule has 0 bridgehead atoms. The molecule has 2 atom stereocenters. The van der Waals surface area contributed by atoms with Gasteiger partial charge in [-0.05, 0) is 45.1 Å². The van der Waals surface area contributed by atoms with Gasteiger partial charge in [-0.15, -0.1) is 0 Å². The van der Waals surface area contributed by atoms with Crippen LogP contribution in [0.2, 0.25) is 0 Å². The molecule has 4 N–H and O–H groups in total. The molecule has 0 radical (unpaired) electrons. The van der Waals surface area contributed by atoms with E-state index >= 15 is 0 Å². The minimum Gasteiger partial charge on any atom is -0.396 e. The van der Waals surface area contributed by atoms with Crippen molar-refractivity contribution in [2.75, 3.05) is 26.3 Å². The third-order valence-electron chi connectivity index (χ3n) is 3.73. The lowest BCUT2D eigenvalue weighted by Gasteiger charge is -2.41. The van der Waals surface area contributed by atoms with Gasteiger partial charge in [0.25, 0.3) is 0 Å². The van der Waals surface area contributed by atoms with Gasteiger partial charge >= 0.3 is 0 Å². The topological polar surface area (TPSA) is 67.5 Å². The summed E-state index contributed by atoms with van der Waals surface area (Å²) in [5.74, 6) is 0. The molecule has 0 aromatic heterocycles. The van der Waals surface area contributed by atoms with E-state index in [0.717, 1.165) is 51.7 Å². The average molecular weight is 244 g/mol. The Morgan fingerprint density at radius 3 is 2.88 bits per heavy atom. The van der Waals surface area contributed by atoms with E-state index < -0.39 is 0 Å². The van der Waals surface area contributed by atoms with Crippen molar-refractivity contribution in [3.05, 3.63) is 0 Å². The predicted octanol–water partition coefficient (Wildman–Crippen LogP) is 1.03. The Balaban J connectivity index is 2.29. The van der Waals surface area contributed by atoms with Gasteiger partial charge in [0.15, 0.2) is 0 Å². The fourth-order valence-electron chi connectivity index (χ4n) is 2.47. The summed E-state index contributed by atoms with van der Waals surface area (Å²) in [4.78, 5) is 0. The van der Waals surface area contributed by atoms with Gasteiger partial charge in [-0.1, -0.05) is 6.92 Å². The largest absolute Gasteiger partial charge is 0.396 e. The molecule has 17 heavy (non-hydrogen) atoms. The van der Waals surface area contributed by atoms with Gasteiger partial charge in [0.1, 0.15) is 0 Å². The number of nitrogens with one attached hydrogen (secondary N) is 1. The third kappa shape index (κ3) is 4.92. The fraction of sp³-hybridized carbons (Fsp3) is 1.00. The molecule has 1 aliphatic rings. The number of hydrogen-bond acceptors (Lipinski definition) is 4. The van der Waals surface area contributed by atoms with Crippen LogP contribution in [0, 0.1) is 0 Å². The van der Waals surface area contributed by atoms with Crippen LogP contribution in [0.3, 0.4) is 0 Å². The Hall–Kier alpha value is -0.160. The van der Waals surface area contributed by atoms with Crippen molar-refractivity contribution < 1.29 is 9.84 Å². The van der Waals surface area contributed by atoms with Crippen LogP contribution >= 0.6 is 0 Å². The highest BCUT2D eigenvalue weighted by Crippen LogP contribution is 2.25. The van der Waals surface area contributed by atoms with Crippen molar-refractivity contribution in [1.82, 2.24) is 5.32 Å². The van der Waals surface area contributed by atoms with Crippen molar-refractivity contribution in [1.29, 1.82) is 0 Å². The first-order chi connectivity index (χ1) is 8.26. The van der Waals surface area contributed by atoms with Crippen molar-refractivity contribution >= 4 is 0 Å². The highest BCUT2D eigenvalue weighted by atomic mass is 16.5. The molecule has 1 heterocycles. The van der Waals surface area contributed by atoms with Crippen LogP contribution in [-0.2, 0) is 4.74 Å². The summed E-state index contributed by atoms with van der Waals surface area (Å²) < 4.78 is 5.70. The Bertz CT molecular complexity index is 202. The predicted molar refractivity (Wildman–Crippen MR) is 70.0 cm³/mol. The highest BCUT2D eigenvalue weighted by Gasteiger charge is 2.34. The minimum atomic E-state index is 0.0815. The van der Waals surface area contributed by atoms with Gasteiger partial charge in [-0.25, -0.2) is 0 Å². The van der Waals surface area contributed by atoms with Crippen molar-refractivity contribution in [2.24, 2.45) is 5.73 Å². The second-order valence-electron chi connectivity index (χ2n) is 5.05. The molecular formula is C13H28N2O2. The van der Waals surface area contributed by atoms with E-state index in [1.165, 1.54) is 0 Å². The standard InChI is InChI=1S/C13H28N2O2/c1-2-12-10-13(11-14,6-9-17-12)15-7-4-3-5-8-16/h12,15-16H,2-11,14H2,1H3. The van der Waals surface area contributed by atoms with Gasteiger partial charge in [0, 0.05) is 25.3 Å². The van der Waals surface area contributed by atoms with Crippen LogP contribution in [0.5, 0.6) is 0 Å². The number of nitrogens with two attached hydrogens (primary N) is 1. The smallest absolute Gasteiger partial charge is 0.0590 e. The zero-order chi connectivity index (χ0) is 12.6. The molecule has 1 saturated heterocycles. The number of hydrogen-bond donors (Lipinski definition) is 3. The zero-order valence-corrected chi connectivity index (χ0v) is 11.1. The molecular weight excluding hydrogens is 216 g/mol. The molecule has 0 aromatic carbocycles. The number of aliphatic hydroxyl groups excluding tert-OH is 1. The Morgan fingerprint density at radius 2 is 2.24 bits per heavy atom. The number of ether oxygens (including phenoxy) is 1. The molecule has 4 nitrogen and oxygen atoms in total. The van der Waals surface area contributed by atoms with Crippen LogP contribution in [0.1, 0.15) is 45.4 Å². The summed E-state index contributed by atoms with van der Waals surface area (Å²) >= 11 is 0. The lowest BCUT2D eigenvalue weighted by Crippen LogP contribution is -2.56. The van der Waals surface area contributed by atoms with Crippen LogP contribution in [-0.4, -0.2) is 43.1 Å². The SMILES string of the molecule is CCC1CC(CN)(NCCCCCO)CCO1. The fourth-order valence-corrected chi connectivity index (χ4v) is 2.47. The summed E-state index contributed by atoms with van der Waals surface area (Å²) in [6, 6.07) is 0. The lowest BCUT2D eigenvalue weighted by molar-refractivity contribution is -0.0279. The van der Waals surface area contributed by atoms with E-state index in [2.05, 4.69) is 12.2 Å². The minimum absolute atomic E-state index is 0.0815. The Labute approximate surface area is 105 Å². The molecule has 2 unspecified atom stereocenters. The first kappa shape index (κ1) is 14.9. The van der Waals surface area contributed by atoms with Crippen LogP contribution in [0.15, 0.2) is 0 Å². The van der Waals surface area contributed by atoms with Crippen LogP contribution < -0.4 is 11.1 Å². The summed E-state index contributed by atoms with van der Waals surface area (Å²) in [5, 5.41) is 12.3. The third-order valence-corrected chi connectivity index (χ3v) is 3.73. The molecule has 0 aromatic rings. The van der Waals surface area contributed by atoms with Crippen molar-refractivity contribution in [2.45, 2.75) is 57.1 Å². The van der Waals surface area contributed by atoms with Crippen LogP contribution in [0.25, 0.3) is 0 Å². The first-order valence-corrected chi connectivity index (χ1v) is 6.94. The number of unbranched alkanes of at least 4 members (excludes halogenated alkanes) is 2. The van der Waals surface area contributed by atoms with E-state index in [1.54, 1.807) is 0 Å². The molecule has 1 fully saturated rings. The first-order valence-electron chi connectivity index (χ1n) is 6.94. The maximum Gasteiger partial charge on any atom is 0.0590 e. The van der Waals surface area contributed by atoms with E-state index in [4.69, 9.17) is 15.6 Å². The van der Waals surface area contributed by atoms with Gasteiger partial charge in [-0.2, -0.15) is 0 Å². The van der Waals surface area contributed by atoms with Crippen molar-refractivity contribution in [3.63, 3.8) is 0 Å². The molecule has 0 spiro atoms. The maximum atomic E-state index is 8.72. The summed E-state index contributed by atoms with van der Waals surface area (Å²) in [5.41, 5.74) is 6.02. The molecule has 0 aliphatic carbocycles. The number of aliphatic hydroxyl groups is 1. The van der Waals surface area contributed by atoms with E-state index in [1.807, 2.05) is 0 Å². The molecule has 1 rings (SSSR count). The summed E-state index contributed by atoms with van der Waals surface area (Å²) in [7, 11) is 0. The molecule has 1 aliphatic heterocycles. The molecule has 4 heteroatoms. The average Bonchev–Trinajstić information content (AvgIpc) is 2.39. The van der Waals surface area contributed by atoms with E-state index in [9.17, 15) is 0 Å². The summed E-state index contributed by atoms with van der Waals surface area (Å²) in [6.07, 6.45) is 6.56. The zero-order valence-electron chi connectivity index (χ0n) is 11.1. The van der Waals surface area contributed by atoms with E-state index in [0.29, 0.717) is 19.3 Å². The van der Waals surface area contributed by atoms with Gasteiger partial charge in [0.2, 0.25) is 0 Å². The van der Waals surface area contributed by atoms with Crippen LogP contribution in [0.4, 0.5) is 0 Å². The van der Waals surface area contributed by atoms with Gasteiger partial charge in [-0.3, -0.25) is 0 Å². The van der Waals surface area contributed by atoms with E-state index in [-0.39, 0.29) is 5.54 Å². The Morgan fingerprint density at radius 1 is 1.41 bits per heavy atom.